The van der Waals surface area contributed by atoms with Gasteiger partial charge in [-0.25, -0.2) is 9.36 Å². The molecule has 12 nitrogen and oxygen atoms in total. The fraction of sp³-hybridized carbons (Fsp3) is 0.0952. The van der Waals surface area contributed by atoms with Gasteiger partial charge in [0.2, 0.25) is 5.78 Å². The van der Waals surface area contributed by atoms with E-state index in [0.717, 1.165) is 16.8 Å². The van der Waals surface area contributed by atoms with Gasteiger partial charge in [0.1, 0.15) is 5.56 Å². The highest BCUT2D eigenvalue weighted by molar-refractivity contribution is 7.86. The van der Waals surface area contributed by atoms with E-state index in [1.54, 1.807) is 6.92 Å². The Kier molecular flexibility index (Phi) is 5.84. The molecule has 0 saturated heterocycles. The van der Waals surface area contributed by atoms with E-state index in [-0.39, 0.29) is 32.3 Å². The molecular weight excluding hydrogens is 500 g/mol. The van der Waals surface area contributed by atoms with Gasteiger partial charge in [0, 0.05) is 11.9 Å². The number of aryl methyl sites for hydroxylation is 2. The highest BCUT2D eigenvalue weighted by Crippen LogP contribution is 2.19. The molecular formula is C21H18N4O8S2. The number of aromatic amines is 1. The van der Waals surface area contributed by atoms with Crippen LogP contribution in [-0.4, -0.2) is 51.3 Å². The first-order chi connectivity index (χ1) is 16.3. The highest BCUT2D eigenvalue weighted by Gasteiger charge is 2.24. The average molecular weight is 519 g/mol. The molecule has 4 rings (SSSR count). The number of carbonyl (C=O) groups excluding carboxylic acids is 1. The monoisotopic (exact) mass is 518 g/mol. The van der Waals surface area contributed by atoms with Crippen LogP contribution in [0.3, 0.4) is 0 Å². The lowest BCUT2D eigenvalue weighted by atomic mass is 10.1. The van der Waals surface area contributed by atoms with Gasteiger partial charge in [-0.3, -0.25) is 23.8 Å². The summed E-state index contributed by atoms with van der Waals surface area (Å²) in [4.78, 5) is 25.7. The summed E-state index contributed by atoms with van der Waals surface area (Å²) in [6, 6.07) is 10.0. The predicted molar refractivity (Wildman–Crippen MR) is 122 cm³/mol. The molecule has 2 aromatic heterocycles. The van der Waals surface area contributed by atoms with Crippen LogP contribution in [0, 0.1) is 13.8 Å². The van der Waals surface area contributed by atoms with Gasteiger partial charge in [0.25, 0.3) is 25.8 Å². The summed E-state index contributed by atoms with van der Waals surface area (Å²) in [5.74, 6) is -0.602. The van der Waals surface area contributed by atoms with E-state index >= 15 is 0 Å². The van der Waals surface area contributed by atoms with Crippen molar-refractivity contribution in [1.82, 2.24) is 19.6 Å². The number of hydrogen-bond acceptors (Lipinski definition) is 7. The van der Waals surface area contributed by atoms with E-state index < -0.39 is 31.6 Å². The van der Waals surface area contributed by atoms with Gasteiger partial charge in [-0.05, 0) is 62.4 Å². The lowest BCUT2D eigenvalue weighted by Gasteiger charge is -2.02. The highest BCUT2D eigenvalue weighted by atomic mass is 32.2. The Morgan fingerprint density at radius 1 is 0.857 bits per heavy atom. The molecule has 14 heteroatoms. The molecule has 0 aliphatic rings. The maximum atomic E-state index is 13.3. The Morgan fingerprint density at radius 3 is 1.83 bits per heavy atom. The van der Waals surface area contributed by atoms with Gasteiger partial charge >= 0.3 is 0 Å². The fourth-order valence-corrected chi connectivity index (χ4v) is 4.44. The molecule has 2 aromatic carbocycles. The molecule has 0 saturated carbocycles. The summed E-state index contributed by atoms with van der Waals surface area (Å²) in [6.45, 7) is 3.11. The summed E-state index contributed by atoms with van der Waals surface area (Å²) in [5, 5.41) is 7.04. The minimum atomic E-state index is -4.40. The molecule has 0 bridgehead atoms. The molecule has 182 valence electrons. The molecule has 35 heavy (non-hydrogen) atoms. The lowest BCUT2D eigenvalue weighted by Crippen LogP contribution is -2.21. The number of H-pyrrole nitrogens is 1. The maximum Gasteiger partial charge on any atom is 0.294 e. The third-order valence-electron chi connectivity index (χ3n) is 5.23. The van der Waals surface area contributed by atoms with E-state index in [9.17, 15) is 26.4 Å². The Labute approximate surface area is 198 Å². The SMILES string of the molecule is Cc1nn(-c2ccc(S(=O)(=O)O)cc2)cc1C(=O)c1c(C)[nH]n(-c2ccc(S(=O)(=O)O)cc2)c1=O. The number of aromatic nitrogens is 4. The number of hydrogen-bond donors (Lipinski definition) is 3. The van der Waals surface area contributed by atoms with Gasteiger partial charge in [-0.2, -0.15) is 21.9 Å². The number of benzene rings is 2. The average Bonchev–Trinajstić information content (AvgIpc) is 3.31. The van der Waals surface area contributed by atoms with E-state index in [0.29, 0.717) is 11.4 Å². The first-order valence-electron chi connectivity index (χ1n) is 9.86. The van der Waals surface area contributed by atoms with Crippen molar-refractivity contribution in [3.63, 3.8) is 0 Å². The second-order valence-electron chi connectivity index (χ2n) is 7.59. The van der Waals surface area contributed by atoms with E-state index in [2.05, 4.69) is 10.2 Å². The predicted octanol–water partition coefficient (Wildman–Crippen LogP) is 1.69. The molecule has 0 radical (unpaired) electrons. The first-order valence-corrected chi connectivity index (χ1v) is 12.7. The summed E-state index contributed by atoms with van der Waals surface area (Å²) in [6.07, 6.45) is 1.40. The Balaban J connectivity index is 1.70. The van der Waals surface area contributed by atoms with Gasteiger partial charge in [-0.15, -0.1) is 0 Å². The van der Waals surface area contributed by atoms with Crippen molar-refractivity contribution in [3.8, 4) is 11.4 Å². The van der Waals surface area contributed by atoms with Crippen molar-refractivity contribution >= 4 is 26.0 Å². The molecule has 0 unspecified atom stereocenters. The van der Waals surface area contributed by atoms with Crippen LogP contribution in [0.4, 0.5) is 0 Å². The summed E-state index contributed by atoms with van der Waals surface area (Å²) in [7, 11) is -8.76. The van der Waals surface area contributed by atoms with E-state index in [4.69, 9.17) is 9.11 Å². The van der Waals surface area contributed by atoms with Crippen molar-refractivity contribution < 1.29 is 30.7 Å². The zero-order valence-corrected chi connectivity index (χ0v) is 19.8. The van der Waals surface area contributed by atoms with Gasteiger partial charge < -0.3 is 0 Å². The van der Waals surface area contributed by atoms with Crippen LogP contribution >= 0.6 is 0 Å². The molecule has 0 fully saturated rings. The molecule has 0 aliphatic heterocycles. The number of ketones is 1. The van der Waals surface area contributed by atoms with Gasteiger partial charge in [-0.1, -0.05) is 0 Å². The zero-order chi connectivity index (χ0) is 25.7. The number of rotatable bonds is 6. The first kappa shape index (κ1) is 24.3. The number of carbonyl (C=O) groups is 1. The van der Waals surface area contributed by atoms with Crippen LogP contribution < -0.4 is 5.56 Å². The maximum absolute atomic E-state index is 13.3. The number of nitrogens with zero attached hydrogens (tertiary/aromatic N) is 3. The van der Waals surface area contributed by atoms with Crippen LogP contribution in [-0.2, 0) is 20.2 Å². The van der Waals surface area contributed by atoms with Crippen molar-refractivity contribution in [2.24, 2.45) is 0 Å². The third-order valence-corrected chi connectivity index (χ3v) is 6.97. The Morgan fingerprint density at radius 2 is 1.34 bits per heavy atom. The van der Waals surface area contributed by atoms with Crippen LogP contribution in [0.25, 0.3) is 11.4 Å². The third kappa shape index (κ3) is 4.59. The quantitative estimate of drug-likeness (QED) is 0.253. The summed E-state index contributed by atoms with van der Waals surface area (Å²) >= 11 is 0. The fourth-order valence-electron chi connectivity index (χ4n) is 3.48. The summed E-state index contributed by atoms with van der Waals surface area (Å²) < 4.78 is 65.6. The van der Waals surface area contributed by atoms with Crippen LogP contribution in [0.5, 0.6) is 0 Å². The summed E-state index contributed by atoms with van der Waals surface area (Å²) in [5.41, 5.74) is 0.570. The van der Waals surface area contributed by atoms with E-state index in [1.807, 2.05) is 0 Å². The largest absolute Gasteiger partial charge is 0.295 e. The minimum Gasteiger partial charge on any atom is -0.295 e. The van der Waals surface area contributed by atoms with Crippen molar-refractivity contribution in [2.45, 2.75) is 23.6 Å². The zero-order valence-electron chi connectivity index (χ0n) is 18.2. The molecule has 3 N–H and O–H groups in total. The lowest BCUT2D eigenvalue weighted by molar-refractivity contribution is 0.103. The Hall–Kier alpha value is -3.85. The van der Waals surface area contributed by atoms with Gasteiger partial charge in [0.15, 0.2) is 0 Å². The van der Waals surface area contributed by atoms with Crippen LogP contribution in [0.2, 0.25) is 0 Å². The Bertz CT molecular complexity index is 1730. The smallest absolute Gasteiger partial charge is 0.294 e. The number of nitrogens with one attached hydrogen (secondary N) is 1. The molecule has 0 aliphatic carbocycles. The van der Waals surface area contributed by atoms with Crippen molar-refractivity contribution in [2.75, 3.05) is 0 Å². The van der Waals surface area contributed by atoms with Gasteiger partial charge in [0.05, 0.1) is 32.4 Å². The van der Waals surface area contributed by atoms with Crippen molar-refractivity contribution in [3.05, 3.63) is 87.6 Å². The second kappa shape index (κ2) is 8.42. The van der Waals surface area contributed by atoms with Crippen molar-refractivity contribution in [1.29, 1.82) is 0 Å². The van der Waals surface area contributed by atoms with Crippen LogP contribution in [0.1, 0.15) is 27.3 Å². The topological polar surface area (TPSA) is 181 Å². The minimum absolute atomic E-state index is 0.136. The molecule has 0 amide bonds. The molecule has 0 spiro atoms. The van der Waals surface area contributed by atoms with Crippen LogP contribution in [0.15, 0.2) is 69.3 Å². The molecule has 2 heterocycles. The van der Waals surface area contributed by atoms with E-state index in [1.165, 1.54) is 54.2 Å². The molecule has 4 aromatic rings. The molecule has 0 atom stereocenters. The standard InChI is InChI=1S/C21H18N4O8S2/c1-12-18(11-24(22-12)14-3-7-16(8-4-14)34(28,29)30)20(26)19-13(2)23-25(21(19)27)15-5-9-17(10-6-15)35(31,32)33/h3-11,23H,1-2H3,(H,28,29,30)(H,31,32,33). The normalized spacial score (nSPS) is 12.1. The second-order valence-corrected chi connectivity index (χ2v) is 10.4.